The Bertz CT molecular complexity index is 551. The standard InChI is InChI=1S/C17H25N5O2/c23-16(21-7-2-1-3-8-21)4-9-20-10-12-22(13-11-20)17(24)15-14-18-5-6-19-15/h5-6,14H,1-4,7-13H2. The second-order valence-electron chi connectivity index (χ2n) is 6.42. The molecule has 0 radical (unpaired) electrons. The van der Waals surface area contributed by atoms with Gasteiger partial charge in [0.05, 0.1) is 6.20 Å². The number of amides is 2. The first-order valence-electron chi connectivity index (χ1n) is 8.79. The maximum absolute atomic E-state index is 12.3. The molecule has 3 rings (SSSR count). The van der Waals surface area contributed by atoms with Gasteiger partial charge in [0.25, 0.3) is 5.91 Å². The molecule has 0 bridgehead atoms. The minimum atomic E-state index is -0.0628. The molecule has 2 aliphatic heterocycles. The molecule has 0 unspecified atom stereocenters. The topological polar surface area (TPSA) is 69.6 Å². The van der Waals surface area contributed by atoms with Crippen LogP contribution in [0.2, 0.25) is 0 Å². The second-order valence-corrected chi connectivity index (χ2v) is 6.42. The zero-order chi connectivity index (χ0) is 16.8. The van der Waals surface area contributed by atoms with E-state index < -0.39 is 0 Å². The Morgan fingerprint density at radius 1 is 0.917 bits per heavy atom. The largest absolute Gasteiger partial charge is 0.343 e. The molecular formula is C17H25N5O2. The molecule has 1 aromatic rings. The predicted octanol–water partition coefficient (Wildman–Crippen LogP) is 0.637. The zero-order valence-electron chi connectivity index (χ0n) is 14.1. The molecule has 24 heavy (non-hydrogen) atoms. The number of rotatable bonds is 4. The number of piperidine rings is 1. The second kappa shape index (κ2) is 8.19. The molecule has 7 heteroatoms. The number of hydrogen-bond acceptors (Lipinski definition) is 5. The lowest BCUT2D eigenvalue weighted by Gasteiger charge is -2.35. The molecule has 0 aliphatic carbocycles. The van der Waals surface area contributed by atoms with Crippen LogP contribution in [0, 0.1) is 0 Å². The summed E-state index contributed by atoms with van der Waals surface area (Å²) in [6, 6.07) is 0. The Morgan fingerprint density at radius 2 is 1.67 bits per heavy atom. The van der Waals surface area contributed by atoms with Crippen molar-refractivity contribution in [2.75, 3.05) is 45.8 Å². The summed E-state index contributed by atoms with van der Waals surface area (Å²) < 4.78 is 0. The van der Waals surface area contributed by atoms with Gasteiger partial charge >= 0.3 is 0 Å². The van der Waals surface area contributed by atoms with Crippen LogP contribution in [0.25, 0.3) is 0 Å². The van der Waals surface area contributed by atoms with Gasteiger partial charge in [-0.3, -0.25) is 19.5 Å². The van der Waals surface area contributed by atoms with Crippen LogP contribution in [-0.2, 0) is 4.79 Å². The van der Waals surface area contributed by atoms with Crippen molar-refractivity contribution in [2.45, 2.75) is 25.7 Å². The average Bonchev–Trinajstić information content (AvgIpc) is 2.67. The van der Waals surface area contributed by atoms with Crippen LogP contribution in [-0.4, -0.2) is 82.3 Å². The van der Waals surface area contributed by atoms with E-state index in [9.17, 15) is 9.59 Å². The lowest BCUT2D eigenvalue weighted by atomic mass is 10.1. The molecule has 2 amide bonds. The van der Waals surface area contributed by atoms with Gasteiger partial charge in [0.15, 0.2) is 0 Å². The third-order valence-corrected chi connectivity index (χ3v) is 4.79. The summed E-state index contributed by atoms with van der Waals surface area (Å²) in [5.41, 5.74) is 0.395. The first-order valence-corrected chi connectivity index (χ1v) is 8.79. The van der Waals surface area contributed by atoms with Crippen molar-refractivity contribution >= 4 is 11.8 Å². The first kappa shape index (κ1) is 16.8. The Kier molecular flexibility index (Phi) is 5.74. The van der Waals surface area contributed by atoms with E-state index in [-0.39, 0.29) is 11.8 Å². The molecule has 0 saturated carbocycles. The number of piperazine rings is 1. The van der Waals surface area contributed by atoms with Crippen molar-refractivity contribution in [3.8, 4) is 0 Å². The van der Waals surface area contributed by atoms with E-state index >= 15 is 0 Å². The van der Waals surface area contributed by atoms with Crippen LogP contribution in [0.4, 0.5) is 0 Å². The summed E-state index contributed by atoms with van der Waals surface area (Å²) in [6.07, 6.45) is 8.70. The summed E-state index contributed by atoms with van der Waals surface area (Å²) in [5.74, 6) is 0.208. The molecule has 0 N–H and O–H groups in total. The molecular weight excluding hydrogens is 306 g/mol. The highest BCUT2D eigenvalue weighted by atomic mass is 16.2. The summed E-state index contributed by atoms with van der Waals surface area (Å²) in [7, 11) is 0. The molecule has 2 saturated heterocycles. The van der Waals surface area contributed by atoms with Gasteiger partial charge < -0.3 is 9.80 Å². The van der Waals surface area contributed by atoms with Gasteiger partial charge in [-0.15, -0.1) is 0 Å². The van der Waals surface area contributed by atoms with Gasteiger partial charge in [-0.25, -0.2) is 4.98 Å². The summed E-state index contributed by atoms with van der Waals surface area (Å²) in [5, 5.41) is 0. The van der Waals surface area contributed by atoms with Gasteiger partial charge in [0, 0.05) is 64.6 Å². The fourth-order valence-corrected chi connectivity index (χ4v) is 3.30. The van der Waals surface area contributed by atoms with E-state index in [1.54, 1.807) is 6.20 Å². The van der Waals surface area contributed by atoms with Crippen molar-refractivity contribution < 1.29 is 9.59 Å². The molecule has 130 valence electrons. The monoisotopic (exact) mass is 331 g/mol. The highest BCUT2D eigenvalue weighted by molar-refractivity contribution is 5.92. The molecule has 0 spiro atoms. The van der Waals surface area contributed by atoms with Crippen molar-refractivity contribution in [3.05, 3.63) is 24.3 Å². The number of hydrogen-bond donors (Lipinski definition) is 0. The summed E-state index contributed by atoms with van der Waals surface area (Å²) in [6.45, 7) is 5.57. The Hall–Kier alpha value is -2.02. The van der Waals surface area contributed by atoms with Crippen molar-refractivity contribution in [3.63, 3.8) is 0 Å². The Labute approximate surface area is 142 Å². The normalized spacial score (nSPS) is 19.3. The van der Waals surface area contributed by atoms with E-state index in [2.05, 4.69) is 14.9 Å². The third-order valence-electron chi connectivity index (χ3n) is 4.79. The van der Waals surface area contributed by atoms with Gasteiger partial charge in [0.2, 0.25) is 5.91 Å². The van der Waals surface area contributed by atoms with Crippen LogP contribution in [0.5, 0.6) is 0 Å². The van der Waals surface area contributed by atoms with Crippen LogP contribution in [0.3, 0.4) is 0 Å². The molecule has 0 aromatic carbocycles. The van der Waals surface area contributed by atoms with Crippen LogP contribution >= 0.6 is 0 Å². The smallest absolute Gasteiger partial charge is 0.274 e. The molecule has 3 heterocycles. The van der Waals surface area contributed by atoms with Crippen LogP contribution < -0.4 is 0 Å². The predicted molar refractivity (Wildman–Crippen MR) is 89.4 cm³/mol. The van der Waals surface area contributed by atoms with Crippen molar-refractivity contribution in [1.82, 2.24) is 24.7 Å². The van der Waals surface area contributed by atoms with Gasteiger partial charge in [-0.05, 0) is 19.3 Å². The SMILES string of the molecule is O=C(CCN1CCN(C(=O)c2cnccn2)CC1)N1CCCCC1. The lowest BCUT2D eigenvalue weighted by molar-refractivity contribution is -0.132. The molecule has 2 fully saturated rings. The maximum Gasteiger partial charge on any atom is 0.274 e. The highest BCUT2D eigenvalue weighted by Crippen LogP contribution is 2.11. The summed E-state index contributed by atoms with van der Waals surface area (Å²) in [4.78, 5) is 38.6. The van der Waals surface area contributed by atoms with Crippen molar-refractivity contribution in [1.29, 1.82) is 0 Å². The first-order chi connectivity index (χ1) is 11.7. The average molecular weight is 331 g/mol. The van der Waals surface area contributed by atoms with Crippen LogP contribution in [0.1, 0.15) is 36.2 Å². The van der Waals surface area contributed by atoms with E-state index in [1.165, 1.54) is 18.8 Å². The molecule has 2 aliphatic rings. The van der Waals surface area contributed by atoms with Crippen LogP contribution in [0.15, 0.2) is 18.6 Å². The quantitative estimate of drug-likeness (QED) is 0.810. The van der Waals surface area contributed by atoms with Gasteiger partial charge in [0.1, 0.15) is 5.69 Å². The number of aromatic nitrogens is 2. The van der Waals surface area contributed by atoms with E-state index in [1.807, 2.05) is 9.80 Å². The number of carbonyl (C=O) groups excluding carboxylic acids is 2. The number of carbonyl (C=O) groups is 2. The molecule has 7 nitrogen and oxygen atoms in total. The third kappa shape index (κ3) is 4.29. The van der Waals surface area contributed by atoms with Crippen molar-refractivity contribution in [2.24, 2.45) is 0 Å². The minimum Gasteiger partial charge on any atom is -0.343 e. The fraction of sp³-hybridized carbons (Fsp3) is 0.647. The zero-order valence-corrected chi connectivity index (χ0v) is 14.1. The molecule has 0 atom stereocenters. The Balaban J connectivity index is 1.40. The minimum absolute atomic E-state index is 0.0628. The highest BCUT2D eigenvalue weighted by Gasteiger charge is 2.24. The summed E-state index contributed by atoms with van der Waals surface area (Å²) >= 11 is 0. The van der Waals surface area contributed by atoms with E-state index in [0.717, 1.165) is 45.6 Å². The maximum atomic E-state index is 12.3. The van der Waals surface area contributed by atoms with E-state index in [4.69, 9.17) is 0 Å². The Morgan fingerprint density at radius 3 is 2.33 bits per heavy atom. The molecule has 1 aromatic heterocycles. The van der Waals surface area contributed by atoms with Gasteiger partial charge in [-0.2, -0.15) is 0 Å². The lowest BCUT2D eigenvalue weighted by Crippen LogP contribution is -2.49. The van der Waals surface area contributed by atoms with Gasteiger partial charge in [-0.1, -0.05) is 0 Å². The number of likely N-dealkylation sites (tertiary alicyclic amines) is 1. The number of nitrogens with zero attached hydrogens (tertiary/aromatic N) is 5. The van der Waals surface area contributed by atoms with E-state index in [0.29, 0.717) is 25.2 Å². The fourth-order valence-electron chi connectivity index (χ4n) is 3.30.